The molecule has 1 saturated heterocycles. The first-order chi connectivity index (χ1) is 9.75. The van der Waals surface area contributed by atoms with Gasteiger partial charge in [0, 0.05) is 6.04 Å². The smallest absolute Gasteiger partial charge is 0.241 e. The van der Waals surface area contributed by atoms with Crippen LogP contribution < -0.4 is 10.0 Å². The average Bonchev–Trinajstić information content (AvgIpc) is 2.87. The SMILES string of the molecule is Cc1c(C)c(C)c(S(=O)(=O)NC2C3CNCC32)c(C)c1C.Cl. The van der Waals surface area contributed by atoms with E-state index in [1.807, 2.05) is 27.7 Å². The van der Waals surface area contributed by atoms with Crippen LogP contribution in [-0.4, -0.2) is 27.5 Å². The van der Waals surface area contributed by atoms with E-state index in [0.29, 0.717) is 16.7 Å². The molecule has 1 aliphatic carbocycles. The van der Waals surface area contributed by atoms with Crippen molar-refractivity contribution in [2.45, 2.75) is 45.6 Å². The van der Waals surface area contributed by atoms with Crippen molar-refractivity contribution in [1.29, 1.82) is 0 Å². The maximum Gasteiger partial charge on any atom is 0.241 e. The second-order valence-corrected chi connectivity index (χ2v) is 8.24. The normalized spacial score (nSPS) is 26.5. The fourth-order valence-corrected chi connectivity index (χ4v) is 5.64. The van der Waals surface area contributed by atoms with Crippen LogP contribution in [0.4, 0.5) is 0 Å². The minimum atomic E-state index is -3.44. The molecule has 1 aliphatic heterocycles. The molecule has 0 aromatic heterocycles. The highest BCUT2D eigenvalue weighted by atomic mass is 35.5. The van der Waals surface area contributed by atoms with Gasteiger partial charge < -0.3 is 5.32 Å². The molecule has 1 aromatic rings. The summed E-state index contributed by atoms with van der Waals surface area (Å²) < 4.78 is 28.6. The number of piperidine rings is 1. The lowest BCUT2D eigenvalue weighted by Gasteiger charge is -2.19. The standard InChI is InChI=1S/C16H24N2O2S.ClH/c1-8-9(2)11(4)16(12(5)10(8)3)21(19,20)18-15-13-6-17-7-14(13)15;/h13-15,17-18H,6-7H2,1-5H3;1H. The van der Waals surface area contributed by atoms with Gasteiger partial charge in [-0.3, -0.25) is 0 Å². The molecule has 1 heterocycles. The van der Waals surface area contributed by atoms with Gasteiger partial charge >= 0.3 is 0 Å². The topological polar surface area (TPSA) is 58.2 Å². The summed E-state index contributed by atoms with van der Waals surface area (Å²) in [6.45, 7) is 11.8. The van der Waals surface area contributed by atoms with Crippen molar-refractivity contribution in [2.75, 3.05) is 13.1 Å². The Bertz CT molecular complexity index is 676. The summed E-state index contributed by atoms with van der Waals surface area (Å²) >= 11 is 0. The highest BCUT2D eigenvalue weighted by molar-refractivity contribution is 7.89. The van der Waals surface area contributed by atoms with E-state index in [1.165, 1.54) is 5.56 Å². The fraction of sp³-hybridized carbons (Fsp3) is 0.625. The number of sulfonamides is 1. The van der Waals surface area contributed by atoms with Crippen LogP contribution in [0.2, 0.25) is 0 Å². The van der Waals surface area contributed by atoms with Crippen molar-refractivity contribution in [2.24, 2.45) is 11.8 Å². The van der Waals surface area contributed by atoms with Crippen LogP contribution in [0.25, 0.3) is 0 Å². The first kappa shape index (κ1) is 17.7. The van der Waals surface area contributed by atoms with Crippen LogP contribution >= 0.6 is 12.4 Å². The molecule has 124 valence electrons. The number of fused-ring (bicyclic) bond motifs is 1. The number of hydrogen-bond donors (Lipinski definition) is 2. The lowest BCUT2D eigenvalue weighted by atomic mass is 9.95. The average molecular weight is 345 g/mol. The number of halogens is 1. The molecule has 0 spiro atoms. The molecule has 2 aliphatic rings. The zero-order valence-electron chi connectivity index (χ0n) is 13.8. The van der Waals surface area contributed by atoms with Gasteiger partial charge in [0.25, 0.3) is 0 Å². The second kappa shape index (κ2) is 5.78. The summed E-state index contributed by atoms with van der Waals surface area (Å²) in [5.41, 5.74) is 5.11. The number of nitrogens with one attached hydrogen (secondary N) is 2. The molecule has 0 bridgehead atoms. The zero-order valence-corrected chi connectivity index (χ0v) is 15.4. The minimum Gasteiger partial charge on any atom is -0.316 e. The van der Waals surface area contributed by atoms with E-state index in [1.54, 1.807) is 0 Å². The summed E-state index contributed by atoms with van der Waals surface area (Å²) in [7, 11) is -3.44. The Labute approximate surface area is 139 Å². The van der Waals surface area contributed by atoms with Gasteiger partial charge in [-0.15, -0.1) is 12.4 Å². The predicted octanol–water partition coefficient (Wildman–Crippen LogP) is 2.15. The zero-order chi connectivity index (χ0) is 15.5. The third-order valence-corrected chi connectivity index (χ3v) is 7.32. The predicted molar refractivity (Wildman–Crippen MR) is 91.3 cm³/mol. The molecule has 1 saturated carbocycles. The van der Waals surface area contributed by atoms with E-state index in [0.717, 1.165) is 35.3 Å². The van der Waals surface area contributed by atoms with Gasteiger partial charge in [-0.05, 0) is 87.4 Å². The number of hydrogen-bond acceptors (Lipinski definition) is 3. The Morgan fingerprint density at radius 3 is 1.73 bits per heavy atom. The van der Waals surface area contributed by atoms with Gasteiger partial charge in [0.05, 0.1) is 4.90 Å². The van der Waals surface area contributed by atoms with Crippen LogP contribution in [0.3, 0.4) is 0 Å². The third kappa shape index (κ3) is 2.58. The largest absolute Gasteiger partial charge is 0.316 e. The van der Waals surface area contributed by atoms with Gasteiger partial charge in [-0.1, -0.05) is 0 Å². The van der Waals surface area contributed by atoms with Gasteiger partial charge in [0.15, 0.2) is 0 Å². The molecule has 2 fully saturated rings. The quantitative estimate of drug-likeness (QED) is 0.883. The molecule has 4 nitrogen and oxygen atoms in total. The van der Waals surface area contributed by atoms with Crippen molar-refractivity contribution in [3.8, 4) is 0 Å². The van der Waals surface area contributed by atoms with Crippen molar-refractivity contribution >= 4 is 22.4 Å². The molecule has 1 aromatic carbocycles. The van der Waals surface area contributed by atoms with Crippen molar-refractivity contribution in [3.05, 3.63) is 27.8 Å². The van der Waals surface area contributed by atoms with Crippen LogP contribution in [0, 0.1) is 46.5 Å². The first-order valence-electron chi connectivity index (χ1n) is 7.55. The first-order valence-corrected chi connectivity index (χ1v) is 9.04. The van der Waals surface area contributed by atoms with Crippen LogP contribution in [0.15, 0.2) is 4.90 Å². The Hall–Kier alpha value is -0.620. The van der Waals surface area contributed by atoms with Crippen LogP contribution in [-0.2, 0) is 10.0 Å². The summed E-state index contributed by atoms with van der Waals surface area (Å²) in [5, 5.41) is 3.29. The Kier molecular flexibility index (Phi) is 4.66. The van der Waals surface area contributed by atoms with Crippen molar-refractivity contribution in [3.63, 3.8) is 0 Å². The maximum atomic E-state index is 12.8. The van der Waals surface area contributed by atoms with Gasteiger partial charge in [0.2, 0.25) is 10.0 Å². The maximum absolute atomic E-state index is 12.8. The number of benzene rings is 1. The van der Waals surface area contributed by atoms with Gasteiger partial charge in [-0.25, -0.2) is 13.1 Å². The molecular formula is C16H25ClN2O2S. The number of rotatable bonds is 3. The lowest BCUT2D eigenvalue weighted by molar-refractivity contribution is 0.564. The minimum absolute atomic E-state index is 0. The highest BCUT2D eigenvalue weighted by Crippen LogP contribution is 2.43. The van der Waals surface area contributed by atoms with E-state index in [9.17, 15) is 8.42 Å². The molecular weight excluding hydrogens is 320 g/mol. The second-order valence-electron chi connectivity index (χ2n) is 6.59. The molecule has 0 radical (unpaired) electrons. The summed E-state index contributed by atoms with van der Waals surface area (Å²) in [5.74, 6) is 0.959. The molecule has 3 rings (SSSR count). The van der Waals surface area contributed by atoms with E-state index >= 15 is 0 Å². The summed E-state index contributed by atoms with van der Waals surface area (Å²) in [4.78, 5) is 0.487. The monoisotopic (exact) mass is 344 g/mol. The Morgan fingerprint density at radius 2 is 1.27 bits per heavy atom. The molecule has 2 unspecified atom stereocenters. The van der Waals surface area contributed by atoms with Crippen molar-refractivity contribution < 1.29 is 8.42 Å². The molecule has 22 heavy (non-hydrogen) atoms. The highest BCUT2D eigenvalue weighted by Gasteiger charge is 2.54. The fourth-order valence-electron chi connectivity index (χ4n) is 3.70. The summed E-state index contributed by atoms with van der Waals surface area (Å²) in [6, 6.07) is 0.122. The van der Waals surface area contributed by atoms with E-state index in [2.05, 4.69) is 17.0 Å². The third-order valence-electron chi connectivity index (χ3n) is 5.58. The van der Waals surface area contributed by atoms with Crippen LogP contribution in [0.5, 0.6) is 0 Å². The van der Waals surface area contributed by atoms with E-state index in [-0.39, 0.29) is 18.4 Å². The Morgan fingerprint density at radius 1 is 0.864 bits per heavy atom. The van der Waals surface area contributed by atoms with Crippen molar-refractivity contribution in [1.82, 2.24) is 10.0 Å². The summed E-state index contributed by atoms with van der Waals surface area (Å²) in [6.07, 6.45) is 0. The van der Waals surface area contributed by atoms with E-state index < -0.39 is 10.0 Å². The molecule has 2 atom stereocenters. The molecule has 6 heteroatoms. The van der Waals surface area contributed by atoms with Gasteiger partial charge in [0.1, 0.15) is 0 Å². The van der Waals surface area contributed by atoms with Gasteiger partial charge in [-0.2, -0.15) is 0 Å². The van der Waals surface area contributed by atoms with E-state index in [4.69, 9.17) is 0 Å². The van der Waals surface area contributed by atoms with Crippen LogP contribution in [0.1, 0.15) is 27.8 Å². The molecule has 0 amide bonds. The lowest BCUT2D eigenvalue weighted by Crippen LogP contribution is -2.33. The molecule has 2 N–H and O–H groups in total. The Balaban J connectivity index is 0.00000176.